The molecular weight excluding hydrogens is 746 g/mol. The van der Waals surface area contributed by atoms with Crippen LogP contribution in [-0.2, 0) is 4.57 Å². The predicted octanol–water partition coefficient (Wildman–Crippen LogP) is 13.4. The van der Waals surface area contributed by atoms with E-state index in [9.17, 15) is 0 Å². The summed E-state index contributed by atoms with van der Waals surface area (Å²) in [4.78, 5) is 4.64. The van der Waals surface area contributed by atoms with E-state index in [2.05, 4.69) is 83.8 Å². The highest BCUT2D eigenvalue weighted by molar-refractivity contribution is 7.85. The molecule has 0 aliphatic rings. The van der Waals surface area contributed by atoms with E-state index in [1.165, 1.54) is 0 Å². The highest BCUT2D eigenvalue weighted by atomic mass is 31.2. The van der Waals surface area contributed by atoms with Gasteiger partial charge in [-0.2, -0.15) is 0 Å². The Balaban J connectivity index is 0.931. The Morgan fingerprint density at radius 2 is 0.661 bits per heavy atom. The lowest BCUT2D eigenvalue weighted by molar-refractivity contribution is 0.592. The first-order valence-electron chi connectivity index (χ1n) is 19.6. The van der Waals surface area contributed by atoms with Crippen molar-refractivity contribution in [3.05, 3.63) is 194 Å². The fraction of sp³-hybridized carbons (Fsp3) is 0. The third-order valence-electron chi connectivity index (χ3n) is 11.6. The summed E-state index contributed by atoms with van der Waals surface area (Å²) in [5.74, 6) is 0. The first kappa shape index (κ1) is 33.7. The molecule has 0 saturated heterocycles. The molecule has 0 fully saturated rings. The van der Waals surface area contributed by atoms with Gasteiger partial charge in [0.25, 0.3) is 0 Å². The van der Waals surface area contributed by atoms with Gasteiger partial charge in [-0.25, -0.2) is 0 Å². The van der Waals surface area contributed by atoms with Crippen molar-refractivity contribution in [1.82, 2.24) is 4.98 Å². The zero-order valence-corrected chi connectivity index (χ0v) is 32.4. The van der Waals surface area contributed by atoms with Gasteiger partial charge in [0.05, 0.1) is 0 Å². The average molecular weight is 778 g/mol. The lowest BCUT2D eigenvalue weighted by atomic mass is 9.98. The fourth-order valence-electron chi connectivity index (χ4n) is 8.66. The Morgan fingerprint density at radius 1 is 0.305 bits per heavy atom. The van der Waals surface area contributed by atoms with Crippen LogP contribution in [0.15, 0.2) is 208 Å². The SMILES string of the molecule is O=P(c1ccccc1)(c1ccccc1)c1cncc(-c2ccc3oc4ccc(-c5ccc6oc7ccc(-c8ccc9oc%10ccccc%10c9c8)cc7c6c5)cc4c3c2)c1. The van der Waals surface area contributed by atoms with E-state index in [1.54, 1.807) is 6.20 Å². The van der Waals surface area contributed by atoms with Gasteiger partial charge in [0.2, 0.25) is 0 Å². The van der Waals surface area contributed by atoms with Gasteiger partial charge in [0.1, 0.15) is 33.5 Å². The van der Waals surface area contributed by atoms with Gasteiger partial charge >= 0.3 is 0 Å². The van der Waals surface area contributed by atoms with Gasteiger partial charge < -0.3 is 17.8 Å². The molecular formula is C53H32NO4P. The molecule has 5 nitrogen and oxygen atoms in total. The van der Waals surface area contributed by atoms with E-state index < -0.39 is 7.14 Å². The van der Waals surface area contributed by atoms with Gasteiger partial charge in [0, 0.05) is 66.2 Å². The number of para-hydroxylation sites is 1. The van der Waals surface area contributed by atoms with Crippen LogP contribution in [0.1, 0.15) is 0 Å². The molecule has 0 aliphatic carbocycles. The molecule has 0 N–H and O–H groups in total. The molecule has 6 heteroatoms. The summed E-state index contributed by atoms with van der Waals surface area (Å²) in [6.45, 7) is 0. The van der Waals surface area contributed by atoms with Crippen molar-refractivity contribution >= 4 is 88.9 Å². The smallest absolute Gasteiger partial charge is 0.172 e. The maximum absolute atomic E-state index is 15.1. The van der Waals surface area contributed by atoms with Gasteiger partial charge in [-0.15, -0.1) is 0 Å². The van der Waals surface area contributed by atoms with Crippen LogP contribution in [0.2, 0.25) is 0 Å². The van der Waals surface area contributed by atoms with Gasteiger partial charge in [-0.05, 0) is 101 Å². The number of pyridine rings is 1. The molecule has 59 heavy (non-hydrogen) atoms. The number of benzene rings is 8. The fourth-order valence-corrected chi connectivity index (χ4v) is 11.3. The number of furan rings is 3. The summed E-state index contributed by atoms with van der Waals surface area (Å²) >= 11 is 0. The first-order chi connectivity index (χ1) is 29.1. The van der Waals surface area contributed by atoms with Gasteiger partial charge in [-0.1, -0.05) is 109 Å². The zero-order chi connectivity index (χ0) is 39.1. The quantitative estimate of drug-likeness (QED) is 0.157. The number of aromatic nitrogens is 1. The second-order valence-electron chi connectivity index (χ2n) is 15.1. The highest BCUT2D eigenvalue weighted by Crippen LogP contribution is 2.44. The first-order valence-corrected chi connectivity index (χ1v) is 21.3. The van der Waals surface area contributed by atoms with Crippen molar-refractivity contribution in [3.63, 3.8) is 0 Å². The van der Waals surface area contributed by atoms with Crippen molar-refractivity contribution < 1.29 is 17.8 Å². The molecule has 12 aromatic rings. The molecule has 0 saturated carbocycles. The summed E-state index contributed by atoms with van der Waals surface area (Å²) in [6, 6.07) is 61.4. The summed E-state index contributed by atoms with van der Waals surface area (Å²) in [5, 5.41) is 8.60. The number of hydrogen-bond donors (Lipinski definition) is 0. The van der Waals surface area contributed by atoms with Crippen LogP contribution in [0.5, 0.6) is 0 Å². The normalized spacial score (nSPS) is 12.1. The molecule has 4 heterocycles. The van der Waals surface area contributed by atoms with E-state index in [0.29, 0.717) is 5.30 Å². The Bertz CT molecular complexity index is 3610. The van der Waals surface area contributed by atoms with Crippen LogP contribution in [-0.4, -0.2) is 4.98 Å². The van der Waals surface area contributed by atoms with Crippen molar-refractivity contribution in [3.8, 4) is 33.4 Å². The van der Waals surface area contributed by atoms with Crippen molar-refractivity contribution in [2.24, 2.45) is 0 Å². The molecule has 4 aromatic heterocycles. The number of fused-ring (bicyclic) bond motifs is 9. The Kier molecular flexibility index (Phi) is 7.44. The van der Waals surface area contributed by atoms with E-state index in [0.717, 1.165) is 110 Å². The summed E-state index contributed by atoms with van der Waals surface area (Å²) < 4.78 is 34.0. The highest BCUT2D eigenvalue weighted by Gasteiger charge is 2.30. The number of rotatable bonds is 6. The summed E-state index contributed by atoms with van der Waals surface area (Å²) in [7, 11) is -3.19. The Labute approximate surface area is 338 Å². The lowest BCUT2D eigenvalue weighted by Gasteiger charge is -2.20. The molecule has 0 unspecified atom stereocenters. The van der Waals surface area contributed by atoms with Crippen LogP contribution in [0.4, 0.5) is 0 Å². The van der Waals surface area contributed by atoms with Crippen LogP contribution >= 0.6 is 7.14 Å². The molecule has 12 rings (SSSR count). The van der Waals surface area contributed by atoms with E-state index >= 15 is 4.57 Å². The molecule has 278 valence electrons. The Morgan fingerprint density at radius 3 is 1.10 bits per heavy atom. The monoisotopic (exact) mass is 777 g/mol. The third kappa shape index (κ3) is 5.40. The maximum atomic E-state index is 15.1. The lowest BCUT2D eigenvalue weighted by Crippen LogP contribution is -2.25. The molecule has 0 spiro atoms. The minimum Gasteiger partial charge on any atom is -0.456 e. The Hall–Kier alpha value is -7.46. The summed E-state index contributed by atoms with van der Waals surface area (Å²) in [6.07, 6.45) is 3.58. The topological polar surface area (TPSA) is 69.4 Å². The van der Waals surface area contributed by atoms with E-state index in [-0.39, 0.29) is 0 Å². The number of hydrogen-bond acceptors (Lipinski definition) is 5. The van der Waals surface area contributed by atoms with Crippen LogP contribution < -0.4 is 15.9 Å². The van der Waals surface area contributed by atoms with Crippen molar-refractivity contribution in [2.75, 3.05) is 0 Å². The van der Waals surface area contributed by atoms with E-state index in [4.69, 9.17) is 13.3 Å². The van der Waals surface area contributed by atoms with E-state index in [1.807, 2.05) is 109 Å². The molecule has 0 bridgehead atoms. The zero-order valence-electron chi connectivity index (χ0n) is 31.5. The second-order valence-corrected chi connectivity index (χ2v) is 17.8. The minimum absolute atomic E-state index is 0.689. The maximum Gasteiger partial charge on any atom is 0.172 e. The predicted molar refractivity (Wildman–Crippen MR) is 242 cm³/mol. The standard InChI is InChI=1S/C53H32NO4P/c55-59(39-9-3-1-4-10-39,40-11-5-2-6-12-40)41-25-38(31-54-32-41)37-19-24-53-47(30-37)46-29-36(18-23-52(46)58-53)35-17-22-51-45(28-35)44-27-34(16-21-50(44)57-51)33-15-20-49-43(26-33)42-13-7-8-14-48(42)56-49/h1-32H. The van der Waals surface area contributed by atoms with Crippen LogP contribution in [0.3, 0.4) is 0 Å². The van der Waals surface area contributed by atoms with Crippen molar-refractivity contribution in [2.45, 2.75) is 0 Å². The molecule has 0 atom stereocenters. The van der Waals surface area contributed by atoms with Crippen LogP contribution in [0, 0.1) is 0 Å². The third-order valence-corrected chi connectivity index (χ3v) is 14.7. The van der Waals surface area contributed by atoms with Crippen molar-refractivity contribution in [1.29, 1.82) is 0 Å². The molecule has 0 aliphatic heterocycles. The van der Waals surface area contributed by atoms with Gasteiger partial charge in [0.15, 0.2) is 7.14 Å². The molecule has 0 radical (unpaired) electrons. The molecule has 0 amide bonds. The summed E-state index contributed by atoms with van der Waals surface area (Å²) in [5.41, 5.74) is 11.3. The minimum atomic E-state index is -3.19. The number of nitrogens with zero attached hydrogens (tertiary/aromatic N) is 1. The van der Waals surface area contributed by atoms with Gasteiger partial charge in [-0.3, -0.25) is 4.98 Å². The molecule has 8 aromatic carbocycles. The van der Waals surface area contributed by atoms with Crippen LogP contribution in [0.25, 0.3) is 99.2 Å². The second kappa shape index (κ2) is 13.0. The average Bonchev–Trinajstić information content (AvgIpc) is 3.99. The largest absolute Gasteiger partial charge is 0.456 e.